The predicted molar refractivity (Wildman–Crippen MR) is 219 cm³/mol. The van der Waals surface area contributed by atoms with Crippen molar-refractivity contribution in [2.75, 3.05) is 4.90 Å². The lowest BCUT2D eigenvalue weighted by atomic mass is 10.0. The van der Waals surface area contributed by atoms with Crippen LogP contribution in [0.4, 0.5) is 17.1 Å². The quantitative estimate of drug-likeness (QED) is 0.181. The summed E-state index contributed by atoms with van der Waals surface area (Å²) in [6.45, 7) is 0. The van der Waals surface area contributed by atoms with Gasteiger partial charge in [0.1, 0.15) is 5.52 Å². The SMILES string of the molecule is c1ccc(-c2nc3cccc(N(c4ccc5c(c4)sc4ccccc45)c4cccc5cc6c7ccccc7n(-c7ccccc7)c6cc45)c3o2)cc1. The number of thiophene rings is 1. The summed E-state index contributed by atoms with van der Waals surface area (Å²) in [5, 5.41) is 7.33. The molecular weight excluding hydrogens is 655 g/mol. The minimum Gasteiger partial charge on any atom is -0.434 e. The Morgan fingerprint density at radius 3 is 2.12 bits per heavy atom. The van der Waals surface area contributed by atoms with Crippen LogP contribution in [-0.4, -0.2) is 9.55 Å². The lowest BCUT2D eigenvalue weighted by Gasteiger charge is -2.27. The summed E-state index contributed by atoms with van der Waals surface area (Å²) in [4.78, 5) is 7.33. The van der Waals surface area contributed by atoms with E-state index < -0.39 is 0 Å². The van der Waals surface area contributed by atoms with E-state index in [2.05, 4.69) is 149 Å². The molecule has 4 nitrogen and oxygen atoms in total. The molecule has 0 saturated carbocycles. The van der Waals surface area contributed by atoms with Crippen LogP contribution < -0.4 is 4.90 Å². The zero-order valence-corrected chi connectivity index (χ0v) is 28.7. The Balaban J connectivity index is 1.21. The largest absolute Gasteiger partial charge is 0.434 e. The molecule has 11 rings (SSSR count). The van der Waals surface area contributed by atoms with Gasteiger partial charge < -0.3 is 13.9 Å². The first-order valence-electron chi connectivity index (χ1n) is 17.5. The van der Waals surface area contributed by atoms with E-state index in [1.54, 1.807) is 0 Å². The summed E-state index contributed by atoms with van der Waals surface area (Å²) in [5.74, 6) is 0.606. The second-order valence-corrected chi connectivity index (χ2v) is 14.3. The minimum absolute atomic E-state index is 0.606. The first kappa shape index (κ1) is 29.1. The summed E-state index contributed by atoms with van der Waals surface area (Å²) in [7, 11) is 0. The minimum atomic E-state index is 0.606. The highest BCUT2D eigenvalue weighted by molar-refractivity contribution is 7.25. The number of oxazole rings is 1. The van der Waals surface area contributed by atoms with Crippen molar-refractivity contribution in [3.63, 3.8) is 0 Å². The number of hydrogen-bond donors (Lipinski definition) is 0. The number of anilines is 3. The van der Waals surface area contributed by atoms with Crippen LogP contribution in [-0.2, 0) is 0 Å². The monoisotopic (exact) mass is 683 g/mol. The van der Waals surface area contributed by atoms with Crippen LogP contribution in [0.1, 0.15) is 0 Å². The van der Waals surface area contributed by atoms with Gasteiger partial charge in [-0.05, 0) is 84.2 Å². The van der Waals surface area contributed by atoms with Gasteiger partial charge in [-0.2, -0.15) is 0 Å². The Labute approximate surface area is 303 Å². The number of hydrogen-bond acceptors (Lipinski definition) is 4. The fourth-order valence-corrected chi connectivity index (χ4v) is 8.99. The molecular formula is C47H29N3OS. The van der Waals surface area contributed by atoms with Crippen molar-refractivity contribution in [1.82, 2.24) is 9.55 Å². The highest BCUT2D eigenvalue weighted by Crippen LogP contribution is 2.46. The van der Waals surface area contributed by atoms with E-state index in [4.69, 9.17) is 9.40 Å². The molecule has 244 valence electrons. The van der Waals surface area contributed by atoms with Crippen LogP contribution in [0, 0.1) is 0 Å². The third-order valence-electron chi connectivity index (χ3n) is 10.2. The number of fused-ring (bicyclic) bond motifs is 8. The molecule has 0 aliphatic heterocycles. The molecule has 0 bridgehead atoms. The van der Waals surface area contributed by atoms with E-state index in [9.17, 15) is 0 Å². The average Bonchev–Trinajstić information content (AvgIpc) is 3.90. The zero-order valence-electron chi connectivity index (χ0n) is 27.9. The van der Waals surface area contributed by atoms with Crippen LogP contribution >= 0.6 is 11.3 Å². The molecule has 0 spiro atoms. The molecule has 11 aromatic rings. The maximum atomic E-state index is 6.69. The third-order valence-corrected chi connectivity index (χ3v) is 11.3. The van der Waals surface area contributed by atoms with Crippen molar-refractivity contribution < 1.29 is 4.42 Å². The molecule has 3 aromatic heterocycles. The number of nitrogens with zero attached hydrogens (tertiary/aromatic N) is 3. The van der Waals surface area contributed by atoms with Gasteiger partial charge in [-0.1, -0.05) is 97.1 Å². The standard InChI is InChI=1S/C47H29N3OS/c1-3-13-30(14-4-1)47-48-39-20-12-23-42(46(39)51-47)50(33-25-26-36-35-19-8-10-24-44(35)52-45(36)28-33)41-22-11-15-31-27-38-34-18-7-9-21-40(34)49(43(38)29-37(31)41)32-16-5-2-6-17-32/h1-29H. The second kappa shape index (κ2) is 11.4. The average molecular weight is 684 g/mol. The summed E-state index contributed by atoms with van der Waals surface area (Å²) in [5.41, 5.74) is 9.05. The predicted octanol–water partition coefficient (Wildman–Crippen LogP) is 13.6. The molecule has 8 aromatic carbocycles. The fourth-order valence-electron chi connectivity index (χ4n) is 7.85. The number of benzene rings is 8. The molecule has 5 heteroatoms. The van der Waals surface area contributed by atoms with Gasteiger partial charge in [0.05, 0.1) is 22.4 Å². The van der Waals surface area contributed by atoms with Gasteiger partial charge in [-0.15, -0.1) is 11.3 Å². The van der Waals surface area contributed by atoms with Crippen molar-refractivity contribution in [3.05, 3.63) is 176 Å². The lowest BCUT2D eigenvalue weighted by Crippen LogP contribution is -2.10. The Morgan fingerprint density at radius 2 is 1.23 bits per heavy atom. The van der Waals surface area contributed by atoms with Crippen LogP contribution in [0.2, 0.25) is 0 Å². The molecule has 0 unspecified atom stereocenters. The molecule has 0 fully saturated rings. The summed E-state index contributed by atoms with van der Waals surface area (Å²) >= 11 is 1.83. The van der Waals surface area contributed by atoms with Crippen molar-refractivity contribution in [3.8, 4) is 17.1 Å². The van der Waals surface area contributed by atoms with Crippen molar-refractivity contribution >= 4 is 92.2 Å². The van der Waals surface area contributed by atoms with Gasteiger partial charge in [0.25, 0.3) is 0 Å². The number of para-hydroxylation sites is 3. The lowest BCUT2D eigenvalue weighted by molar-refractivity contribution is 0.620. The Hall–Kier alpha value is -6.69. The second-order valence-electron chi connectivity index (χ2n) is 13.2. The summed E-state index contributed by atoms with van der Waals surface area (Å²) in [6, 6.07) is 62.6. The van der Waals surface area contributed by atoms with Crippen molar-refractivity contribution in [1.29, 1.82) is 0 Å². The zero-order chi connectivity index (χ0) is 34.2. The Bertz CT molecular complexity index is 3140. The van der Waals surface area contributed by atoms with Crippen LogP contribution in [0.3, 0.4) is 0 Å². The molecule has 0 aliphatic rings. The number of aromatic nitrogens is 2. The molecule has 0 atom stereocenters. The Morgan fingerprint density at radius 1 is 0.500 bits per heavy atom. The molecule has 52 heavy (non-hydrogen) atoms. The van der Waals surface area contributed by atoms with Gasteiger partial charge in [0, 0.05) is 53.3 Å². The van der Waals surface area contributed by atoms with E-state index in [-0.39, 0.29) is 0 Å². The molecule has 0 radical (unpaired) electrons. The van der Waals surface area contributed by atoms with Crippen LogP contribution in [0.15, 0.2) is 180 Å². The topological polar surface area (TPSA) is 34.2 Å². The third kappa shape index (κ3) is 4.43. The molecule has 0 saturated heterocycles. The first-order chi connectivity index (χ1) is 25.8. The maximum absolute atomic E-state index is 6.69. The van der Waals surface area contributed by atoms with Crippen LogP contribution in [0.5, 0.6) is 0 Å². The van der Waals surface area contributed by atoms with E-state index in [1.807, 2.05) is 47.7 Å². The van der Waals surface area contributed by atoms with E-state index in [0.29, 0.717) is 5.89 Å². The maximum Gasteiger partial charge on any atom is 0.227 e. The van der Waals surface area contributed by atoms with Gasteiger partial charge in [0.15, 0.2) is 5.58 Å². The highest BCUT2D eigenvalue weighted by Gasteiger charge is 2.23. The molecule has 0 amide bonds. The highest BCUT2D eigenvalue weighted by atomic mass is 32.1. The summed E-state index contributed by atoms with van der Waals surface area (Å²) in [6.07, 6.45) is 0. The first-order valence-corrected chi connectivity index (χ1v) is 18.3. The van der Waals surface area contributed by atoms with Gasteiger partial charge >= 0.3 is 0 Å². The Kier molecular flexibility index (Phi) is 6.39. The molecule has 3 heterocycles. The van der Waals surface area contributed by atoms with E-state index in [0.717, 1.165) is 50.3 Å². The van der Waals surface area contributed by atoms with E-state index >= 15 is 0 Å². The number of rotatable bonds is 5. The molecule has 0 aliphatic carbocycles. The van der Waals surface area contributed by atoms with Crippen molar-refractivity contribution in [2.45, 2.75) is 0 Å². The van der Waals surface area contributed by atoms with Crippen LogP contribution in [0.25, 0.3) is 81.0 Å². The van der Waals surface area contributed by atoms with Crippen molar-refractivity contribution in [2.24, 2.45) is 0 Å². The van der Waals surface area contributed by atoms with Gasteiger partial charge in [-0.25, -0.2) is 4.98 Å². The summed E-state index contributed by atoms with van der Waals surface area (Å²) < 4.78 is 11.6. The van der Waals surface area contributed by atoms with E-state index in [1.165, 1.54) is 41.8 Å². The van der Waals surface area contributed by atoms with Gasteiger partial charge in [0.2, 0.25) is 5.89 Å². The smallest absolute Gasteiger partial charge is 0.227 e. The molecule has 0 N–H and O–H groups in total. The fraction of sp³-hybridized carbons (Fsp3) is 0. The normalized spacial score (nSPS) is 11.8. The van der Waals surface area contributed by atoms with Gasteiger partial charge in [-0.3, -0.25) is 0 Å².